The van der Waals surface area contributed by atoms with Gasteiger partial charge in [-0.25, -0.2) is 39.9 Å². The monoisotopic (exact) mass is 2040 g/mol. The number of amides is 4. The number of hydrogen-bond acceptors (Lipinski definition) is 28. The van der Waals surface area contributed by atoms with Crippen LogP contribution in [0.25, 0.3) is 221 Å². The number of hydrogen-bond donors (Lipinski definition) is 12. The smallest absolute Gasteiger partial charge is 0.227 e. The Balaban J connectivity index is 0.000000105. The molecule has 0 atom stereocenters. The molecule has 12 N–H and O–H groups in total. The molecule has 0 radical (unpaired) electrons. The number of nitrogens with one attached hydrogen (secondary N) is 12. The third-order valence-corrected chi connectivity index (χ3v) is 29.4. The van der Waals surface area contributed by atoms with E-state index < -0.39 is 0 Å². The van der Waals surface area contributed by atoms with Gasteiger partial charge in [-0.15, -0.1) is 45.3 Å². The number of pyridine rings is 12. The quantitative estimate of drug-likeness (QED) is 0.0280. The van der Waals surface area contributed by atoms with Gasteiger partial charge in [0.25, 0.3) is 0 Å². The summed E-state index contributed by atoms with van der Waals surface area (Å²) < 4.78 is 54.6. The summed E-state index contributed by atoms with van der Waals surface area (Å²) in [6.07, 6.45) is 45.1. The van der Waals surface area contributed by atoms with E-state index in [1.165, 1.54) is 24.3 Å². The van der Waals surface area contributed by atoms with Crippen molar-refractivity contribution >= 4 is 180 Å². The minimum absolute atomic E-state index is 0.0312. The van der Waals surface area contributed by atoms with E-state index in [1.54, 1.807) is 148 Å². The number of anilines is 4. The fourth-order valence-electron chi connectivity index (χ4n) is 17.9. The highest BCUT2D eigenvalue weighted by molar-refractivity contribution is 7.15. The van der Waals surface area contributed by atoms with E-state index in [1.807, 2.05) is 48.5 Å². The zero-order valence-electron chi connectivity index (χ0n) is 77.7. The highest BCUT2D eigenvalue weighted by atomic mass is 32.1. The average Bonchev–Trinajstić information content (AvgIpc) is 1.62. The number of carbonyl (C=O) groups is 4. The van der Waals surface area contributed by atoms with Crippen LogP contribution >= 0.6 is 45.3 Å². The maximum absolute atomic E-state index is 13.7. The average molecular weight is 2040 g/mol. The first kappa shape index (κ1) is 92.4. The van der Waals surface area contributed by atoms with E-state index in [0.717, 1.165) is 246 Å². The second-order valence-electron chi connectivity index (χ2n) is 35.7. The Labute approximate surface area is 848 Å². The molecule has 24 aromatic heterocycles. The SMILES string of the molecule is CCCCC(=O)Nc1cncc(-c2cnc3n[nH]c(-c4nc5c(-c6ccc(F)s6)cncc5[nH]4)c3c2)c1.O=C(Nc1cncc(-c2cnc3n[nH]c(-c4nc5c(-c6ccc(F)s6)cncc5[nH]4)c3c2)c1)C1CC1.O=C(Nc1cncc(-c2cnc3n[nH]c(-c4nc5c(-c6ccc(F)s6)cncc5[nH]4)c3c2)c1)C1CCC1.O=C(Nc1cncc(-c2cnc3n[nH]c(-c4nc5c(-c6ccc(F)s6)cncc5[nH]4)c3c2)c1)C1CCCC1. The molecule has 0 aromatic carbocycles. The first-order chi connectivity index (χ1) is 72.4. The third-order valence-electron chi connectivity index (χ3n) is 25.8. The van der Waals surface area contributed by atoms with E-state index in [4.69, 9.17) is 19.9 Å². The maximum Gasteiger partial charge on any atom is 0.227 e. The first-order valence-corrected chi connectivity index (χ1v) is 50.5. The first-order valence-electron chi connectivity index (χ1n) is 47.3. The summed E-state index contributed by atoms with van der Waals surface area (Å²) in [5.41, 5.74) is 22.7. The topological polar surface area (TPSA) is 501 Å². The van der Waals surface area contributed by atoms with Crippen LogP contribution in [0.2, 0.25) is 0 Å². The van der Waals surface area contributed by atoms with Gasteiger partial charge in [-0.2, -0.15) is 38.0 Å². The summed E-state index contributed by atoms with van der Waals surface area (Å²) in [4.78, 5) is 137. The highest BCUT2D eigenvalue weighted by Crippen LogP contribution is 2.43. The van der Waals surface area contributed by atoms with Gasteiger partial charge in [0.2, 0.25) is 23.6 Å². The summed E-state index contributed by atoms with van der Waals surface area (Å²) in [5.74, 6) is 2.65. The minimum atomic E-state index is -0.264. The lowest BCUT2D eigenvalue weighted by molar-refractivity contribution is -0.122. The summed E-state index contributed by atoms with van der Waals surface area (Å²) in [5, 5.41) is 43.4. The van der Waals surface area contributed by atoms with Gasteiger partial charge in [0, 0.05) is 185 Å². The molecule has 0 spiro atoms. The van der Waals surface area contributed by atoms with E-state index in [2.05, 4.69) is 149 Å². The molecule has 0 saturated heterocycles. The lowest BCUT2D eigenvalue weighted by atomic mass is 9.85. The number of thiophene rings is 4. The molecule has 0 aliphatic heterocycles. The van der Waals surface area contributed by atoms with Crippen LogP contribution in [0.1, 0.15) is 84.0 Å². The van der Waals surface area contributed by atoms with E-state index in [0.29, 0.717) is 120 Å². The number of H-pyrrole nitrogens is 8. The minimum Gasteiger partial charge on any atom is -0.335 e. The van der Waals surface area contributed by atoms with Gasteiger partial charge in [0.1, 0.15) is 44.8 Å². The molecule has 0 bridgehead atoms. The molecule has 3 fully saturated rings. The van der Waals surface area contributed by atoms with Crippen molar-refractivity contribution < 1.29 is 36.7 Å². The fraction of sp³-hybridized carbons (Fsp3) is 0.154. The number of unbranched alkanes of at least 4 members (excludes halogenated alkanes) is 1. The van der Waals surface area contributed by atoms with Crippen LogP contribution in [-0.2, 0) is 19.2 Å². The largest absolute Gasteiger partial charge is 0.335 e. The van der Waals surface area contributed by atoms with Crippen molar-refractivity contribution in [3.05, 3.63) is 242 Å². The van der Waals surface area contributed by atoms with Crippen molar-refractivity contribution in [2.75, 3.05) is 21.3 Å². The van der Waals surface area contributed by atoms with Gasteiger partial charge >= 0.3 is 0 Å². The molecule has 27 rings (SSSR count). The normalized spacial score (nSPS) is 13.2. The lowest BCUT2D eigenvalue weighted by Crippen LogP contribution is -2.28. The summed E-state index contributed by atoms with van der Waals surface area (Å²) in [6, 6.07) is 28.1. The molecule has 36 nitrogen and oxygen atoms in total. The second-order valence-corrected chi connectivity index (χ2v) is 39.9. The van der Waals surface area contributed by atoms with Gasteiger partial charge in [-0.1, -0.05) is 32.6 Å². The molecular weight excluding hydrogens is 1970 g/mol. The van der Waals surface area contributed by atoms with Crippen LogP contribution in [0.3, 0.4) is 0 Å². The molecule has 730 valence electrons. The molecule has 4 amide bonds. The van der Waals surface area contributed by atoms with E-state index in [9.17, 15) is 36.7 Å². The molecule has 24 aromatic rings. The van der Waals surface area contributed by atoms with Crippen molar-refractivity contribution in [1.29, 1.82) is 0 Å². The van der Waals surface area contributed by atoms with Crippen molar-refractivity contribution in [1.82, 2.24) is 140 Å². The number of carbonyl (C=O) groups excluding carboxylic acids is 4. The van der Waals surface area contributed by atoms with E-state index in [-0.39, 0.29) is 61.9 Å². The number of nitrogens with zero attached hydrogens (tertiary/aromatic N) is 20. The van der Waals surface area contributed by atoms with Crippen molar-refractivity contribution in [3.63, 3.8) is 0 Å². The molecule has 0 unspecified atom stereocenters. The van der Waals surface area contributed by atoms with Crippen molar-refractivity contribution in [2.45, 2.75) is 84.0 Å². The third kappa shape index (κ3) is 18.9. The molecule has 3 saturated carbocycles. The summed E-state index contributed by atoms with van der Waals surface area (Å²) in [7, 11) is 0. The Morgan fingerprint density at radius 3 is 0.831 bits per heavy atom. The Bertz CT molecular complexity index is 9250. The number of aromatic nitrogens is 28. The second kappa shape index (κ2) is 39.6. The van der Waals surface area contributed by atoms with Crippen LogP contribution < -0.4 is 21.3 Å². The van der Waals surface area contributed by atoms with Crippen LogP contribution in [0.5, 0.6) is 0 Å². The van der Waals surface area contributed by atoms with Gasteiger partial charge < -0.3 is 41.2 Å². The van der Waals surface area contributed by atoms with E-state index >= 15 is 0 Å². The van der Waals surface area contributed by atoms with Crippen molar-refractivity contribution in [3.8, 4) is 132 Å². The Hall–Kier alpha value is -18.0. The molecule has 3 aliphatic carbocycles. The lowest BCUT2D eigenvalue weighted by Gasteiger charge is -2.24. The van der Waals surface area contributed by atoms with Crippen LogP contribution in [-0.4, -0.2) is 164 Å². The number of aromatic amines is 8. The highest BCUT2D eigenvalue weighted by Gasteiger charge is 2.32. The van der Waals surface area contributed by atoms with Gasteiger partial charge in [0.15, 0.2) is 66.4 Å². The molecule has 148 heavy (non-hydrogen) atoms. The number of imidazole rings is 4. The maximum atomic E-state index is 13.7. The number of halogens is 4. The predicted molar refractivity (Wildman–Crippen MR) is 559 cm³/mol. The standard InChI is InChI=1S/C27H21FN8OS.C26H19FN8OS.C26H21FN8OS.C25H17FN8OS/c28-22-6-5-21(38-22)19-12-30-13-20-23(19)34-26(33-20)24-18-8-16(10-31-25(18)36-35-24)15-7-17(11-29-9-15)32-27(37)14-3-1-2-4-14;27-21-5-4-20(37-21)18-11-29-12-19-22(18)33-25(32-19)23-17-7-15(9-30-24(17)35-34-23)14-6-16(10-28-8-14)31-26(36)13-2-1-3-13;1-2-3-4-22(36)31-16-7-14(9-28-11-16)15-8-17-24(34-35-25(17)30-10-15)26-32-19-13-29-12-18(23(19)33-26)20-5-6-21(27)37-20;26-20-4-3-19(36-20)17-10-28-11-18-21(17)32-24(31-18)22-16-6-14(8-29-23(16)34-33-22)13-5-15(9-27-7-13)30-25(35)12-1-2-12/h5-14H,1-4H2,(H,32,37)(H,33,34)(H,31,35,36);4-13H,1-3H2,(H,31,36)(H,32,33)(H,30,34,35);5-13H,2-4H2,1H3,(H,31,36)(H,32,33)(H,30,34,35);3-12H,1-2H2,(H,30,35)(H,31,32)(H,29,33,34). The van der Waals surface area contributed by atoms with Crippen LogP contribution in [0, 0.1) is 38.3 Å². The summed E-state index contributed by atoms with van der Waals surface area (Å²) >= 11 is 4.21. The van der Waals surface area contributed by atoms with Crippen LogP contribution in [0.15, 0.2) is 221 Å². The van der Waals surface area contributed by atoms with Gasteiger partial charge in [0.05, 0.1) is 116 Å². The zero-order valence-corrected chi connectivity index (χ0v) is 81.0. The molecule has 3 aliphatic rings. The van der Waals surface area contributed by atoms with Crippen molar-refractivity contribution in [2.24, 2.45) is 17.8 Å². The molecular formula is C104H78F4N32O4S4. The molecule has 44 heteroatoms. The Morgan fingerprint density at radius 1 is 0.311 bits per heavy atom. The van der Waals surface area contributed by atoms with Crippen LogP contribution in [0.4, 0.5) is 40.3 Å². The molecule has 24 heterocycles. The van der Waals surface area contributed by atoms with Gasteiger partial charge in [-0.3, -0.25) is 79.4 Å². The Kier molecular flexibility index (Phi) is 24.7. The zero-order chi connectivity index (χ0) is 100. The fourth-order valence-corrected chi connectivity index (χ4v) is 20.8. The predicted octanol–water partition coefficient (Wildman–Crippen LogP) is 22.6. The Morgan fingerprint density at radius 2 is 0.574 bits per heavy atom. The number of fused-ring (bicyclic) bond motifs is 8. The number of rotatable bonds is 22. The van der Waals surface area contributed by atoms with Gasteiger partial charge in [-0.05, 0) is 142 Å². The summed E-state index contributed by atoms with van der Waals surface area (Å²) in [6.45, 7) is 2.05.